The summed E-state index contributed by atoms with van der Waals surface area (Å²) in [5.41, 5.74) is 3.41. The Morgan fingerprint density at radius 1 is 1.07 bits per heavy atom. The van der Waals surface area contributed by atoms with Gasteiger partial charge in [0.25, 0.3) is 0 Å². The highest BCUT2D eigenvalue weighted by molar-refractivity contribution is 5.35. The third kappa shape index (κ3) is 5.39. The van der Waals surface area contributed by atoms with Gasteiger partial charge in [-0.1, -0.05) is 54.6 Å². The van der Waals surface area contributed by atoms with Crippen LogP contribution in [-0.4, -0.2) is 48.7 Å². The van der Waals surface area contributed by atoms with Gasteiger partial charge < -0.3 is 19.8 Å². The molecule has 0 saturated carbocycles. The van der Waals surface area contributed by atoms with Crippen molar-refractivity contribution in [3.8, 4) is 0 Å². The van der Waals surface area contributed by atoms with Crippen LogP contribution in [0.4, 0.5) is 0 Å². The van der Waals surface area contributed by atoms with Gasteiger partial charge in [-0.05, 0) is 36.5 Å². The summed E-state index contributed by atoms with van der Waals surface area (Å²) in [6.07, 6.45) is 2.64. The molecule has 0 spiro atoms. The van der Waals surface area contributed by atoms with Crippen LogP contribution in [0.1, 0.15) is 42.1 Å². The maximum Gasteiger partial charge on any atom is 0.126 e. The van der Waals surface area contributed by atoms with E-state index in [9.17, 15) is 10.2 Å². The van der Waals surface area contributed by atoms with Crippen LogP contribution < -0.4 is 4.90 Å². The molecule has 3 N–H and O–H groups in total. The van der Waals surface area contributed by atoms with Crippen LogP contribution in [0.15, 0.2) is 54.6 Å². The van der Waals surface area contributed by atoms with Crippen molar-refractivity contribution in [2.45, 2.75) is 44.4 Å². The first kappa shape index (κ1) is 20.0. The Morgan fingerprint density at radius 3 is 2.56 bits per heavy atom. The van der Waals surface area contributed by atoms with E-state index in [0.717, 1.165) is 30.5 Å². The van der Waals surface area contributed by atoms with Gasteiger partial charge in [0, 0.05) is 6.42 Å². The van der Waals surface area contributed by atoms with Crippen molar-refractivity contribution in [1.82, 2.24) is 0 Å². The van der Waals surface area contributed by atoms with Crippen LogP contribution in [0.3, 0.4) is 0 Å². The Morgan fingerprint density at radius 2 is 1.81 bits per heavy atom. The second-order valence-electron chi connectivity index (χ2n) is 7.62. The molecule has 1 aliphatic heterocycles. The van der Waals surface area contributed by atoms with Gasteiger partial charge in [-0.2, -0.15) is 0 Å². The van der Waals surface area contributed by atoms with Gasteiger partial charge in [0.2, 0.25) is 0 Å². The molecule has 0 radical (unpaired) electrons. The Bertz CT molecular complexity index is 691. The highest BCUT2D eigenvalue weighted by atomic mass is 16.5. The minimum Gasteiger partial charge on any atom is -0.390 e. The molecular weight excluding hydrogens is 338 g/mol. The standard InChI is InChI=1S/C23H31NO3/c1-18-9-5-6-13-22(18)23(19-10-3-2-4-11-19)27-17-21(26)15-24-14-8-7-12-20(24)16-25/h2-6,9-11,13,20-21,23,25-26H,7-8,12,14-17H2,1H3/p+1/t20-,21-,23-/m1/s1. The number of aryl methyl sites for hydroxylation is 1. The molecule has 1 heterocycles. The van der Waals surface area contributed by atoms with Crippen molar-refractivity contribution in [2.75, 3.05) is 26.3 Å². The fourth-order valence-corrected chi connectivity index (χ4v) is 4.08. The number of quaternary nitrogens is 1. The highest BCUT2D eigenvalue weighted by Gasteiger charge is 2.28. The molecule has 27 heavy (non-hydrogen) atoms. The molecule has 3 rings (SSSR count). The first-order chi connectivity index (χ1) is 13.2. The van der Waals surface area contributed by atoms with E-state index in [4.69, 9.17) is 4.74 Å². The molecule has 2 aromatic rings. The summed E-state index contributed by atoms with van der Waals surface area (Å²) < 4.78 is 6.24. The fourth-order valence-electron chi connectivity index (χ4n) is 4.08. The van der Waals surface area contributed by atoms with E-state index in [1.54, 1.807) is 0 Å². The molecule has 4 heteroatoms. The molecule has 0 amide bonds. The summed E-state index contributed by atoms with van der Waals surface area (Å²) >= 11 is 0. The van der Waals surface area contributed by atoms with Crippen LogP contribution in [0.5, 0.6) is 0 Å². The van der Waals surface area contributed by atoms with Crippen molar-refractivity contribution in [3.63, 3.8) is 0 Å². The van der Waals surface area contributed by atoms with Crippen molar-refractivity contribution in [3.05, 3.63) is 71.3 Å². The normalized spacial score (nSPS) is 22.3. The van der Waals surface area contributed by atoms with Gasteiger partial charge in [-0.25, -0.2) is 0 Å². The summed E-state index contributed by atoms with van der Waals surface area (Å²) in [6.45, 7) is 4.21. The lowest BCUT2D eigenvalue weighted by atomic mass is 9.97. The zero-order chi connectivity index (χ0) is 19.1. The average Bonchev–Trinajstić information content (AvgIpc) is 2.70. The highest BCUT2D eigenvalue weighted by Crippen LogP contribution is 2.28. The lowest BCUT2D eigenvalue weighted by molar-refractivity contribution is -0.934. The van der Waals surface area contributed by atoms with E-state index in [0.29, 0.717) is 6.54 Å². The van der Waals surface area contributed by atoms with Gasteiger partial charge in [0.15, 0.2) is 0 Å². The molecule has 1 unspecified atom stereocenters. The summed E-state index contributed by atoms with van der Waals surface area (Å²) in [5, 5.41) is 20.2. The number of likely N-dealkylation sites (tertiary alicyclic amines) is 1. The average molecular weight is 371 g/mol. The maximum atomic E-state index is 10.6. The molecule has 1 aliphatic rings. The van der Waals surface area contributed by atoms with Crippen LogP contribution >= 0.6 is 0 Å². The van der Waals surface area contributed by atoms with Crippen LogP contribution in [0.2, 0.25) is 0 Å². The second kappa shape index (κ2) is 10.00. The molecule has 146 valence electrons. The first-order valence-corrected chi connectivity index (χ1v) is 10.0. The van der Waals surface area contributed by atoms with Crippen molar-refractivity contribution < 1.29 is 19.8 Å². The molecule has 4 nitrogen and oxygen atoms in total. The number of piperidine rings is 1. The number of nitrogens with one attached hydrogen (secondary N) is 1. The number of ether oxygens (including phenoxy) is 1. The molecular formula is C23H32NO3+. The van der Waals surface area contributed by atoms with Crippen molar-refractivity contribution >= 4 is 0 Å². The summed E-state index contributed by atoms with van der Waals surface area (Å²) in [5.74, 6) is 0. The quantitative estimate of drug-likeness (QED) is 0.665. The van der Waals surface area contributed by atoms with E-state index in [-0.39, 0.29) is 25.4 Å². The summed E-state index contributed by atoms with van der Waals surface area (Å²) in [7, 11) is 0. The summed E-state index contributed by atoms with van der Waals surface area (Å²) in [6, 6.07) is 18.7. The third-order valence-corrected chi connectivity index (χ3v) is 5.62. The number of rotatable bonds is 8. The van der Waals surface area contributed by atoms with Crippen molar-refractivity contribution in [1.29, 1.82) is 0 Å². The maximum absolute atomic E-state index is 10.6. The minimum absolute atomic E-state index is 0.188. The Balaban J connectivity index is 1.67. The molecule has 0 bridgehead atoms. The van der Waals surface area contributed by atoms with Crippen LogP contribution in [0, 0.1) is 6.92 Å². The van der Waals surface area contributed by atoms with Gasteiger partial charge in [0.05, 0.1) is 19.8 Å². The molecule has 0 aromatic heterocycles. The SMILES string of the molecule is Cc1ccccc1[C@H](OC[C@H](O)C[NH+]1CCCC[C@@H]1CO)c1ccccc1. The first-order valence-electron chi connectivity index (χ1n) is 10.0. The predicted octanol–water partition coefficient (Wildman–Crippen LogP) is 1.89. The van der Waals surface area contributed by atoms with E-state index in [1.165, 1.54) is 16.9 Å². The monoisotopic (exact) mass is 370 g/mol. The smallest absolute Gasteiger partial charge is 0.126 e. The lowest BCUT2D eigenvalue weighted by Crippen LogP contribution is -3.18. The Hall–Kier alpha value is -1.72. The van der Waals surface area contributed by atoms with Gasteiger partial charge in [-0.15, -0.1) is 0 Å². The van der Waals surface area contributed by atoms with Crippen LogP contribution in [0.25, 0.3) is 0 Å². The Labute approximate surface area is 162 Å². The lowest BCUT2D eigenvalue weighted by Gasteiger charge is -2.33. The molecule has 1 fully saturated rings. The van der Waals surface area contributed by atoms with Gasteiger partial charge in [-0.3, -0.25) is 0 Å². The fraction of sp³-hybridized carbons (Fsp3) is 0.478. The van der Waals surface area contributed by atoms with E-state index >= 15 is 0 Å². The van der Waals surface area contributed by atoms with E-state index in [2.05, 4.69) is 31.2 Å². The molecule has 0 aliphatic carbocycles. The largest absolute Gasteiger partial charge is 0.390 e. The van der Waals surface area contributed by atoms with Gasteiger partial charge in [0.1, 0.15) is 24.8 Å². The third-order valence-electron chi connectivity index (χ3n) is 5.62. The zero-order valence-corrected chi connectivity index (χ0v) is 16.2. The minimum atomic E-state index is -0.539. The number of aliphatic hydroxyl groups excluding tert-OH is 2. The zero-order valence-electron chi connectivity index (χ0n) is 16.2. The second-order valence-corrected chi connectivity index (χ2v) is 7.62. The van der Waals surface area contributed by atoms with Crippen molar-refractivity contribution in [2.24, 2.45) is 0 Å². The number of benzene rings is 2. The van der Waals surface area contributed by atoms with E-state index in [1.807, 2.05) is 30.3 Å². The molecule has 4 atom stereocenters. The number of hydrogen-bond acceptors (Lipinski definition) is 3. The Kier molecular flexibility index (Phi) is 7.41. The topological polar surface area (TPSA) is 54.1 Å². The van der Waals surface area contributed by atoms with Gasteiger partial charge >= 0.3 is 0 Å². The van der Waals surface area contributed by atoms with Crippen LogP contribution in [-0.2, 0) is 4.74 Å². The number of aliphatic hydroxyl groups is 2. The number of hydrogen-bond donors (Lipinski definition) is 3. The predicted molar refractivity (Wildman–Crippen MR) is 107 cm³/mol. The summed E-state index contributed by atoms with van der Waals surface area (Å²) in [4.78, 5) is 1.30. The molecule has 1 saturated heterocycles. The van der Waals surface area contributed by atoms with E-state index < -0.39 is 6.10 Å². The molecule has 2 aromatic carbocycles.